The number of nitrogens with zero attached hydrogens (tertiary/aromatic N) is 3. The first-order chi connectivity index (χ1) is 12.5. The van der Waals surface area contributed by atoms with E-state index in [0.29, 0.717) is 22.8 Å². The first-order valence-corrected chi connectivity index (χ1v) is 9.06. The Morgan fingerprint density at radius 1 is 1.15 bits per heavy atom. The van der Waals surface area contributed by atoms with Crippen LogP contribution in [-0.4, -0.2) is 33.2 Å². The third kappa shape index (κ3) is 3.88. The Bertz CT molecular complexity index is 898. The molecule has 0 spiro atoms. The number of imidazole rings is 1. The summed E-state index contributed by atoms with van der Waals surface area (Å²) in [6.07, 6.45) is 0. The molecule has 0 aliphatic heterocycles. The zero-order chi connectivity index (χ0) is 18.7. The van der Waals surface area contributed by atoms with Crippen LogP contribution in [-0.2, 0) is 11.3 Å². The topological polar surface area (TPSA) is 38.1 Å². The number of rotatable bonds is 6. The van der Waals surface area contributed by atoms with Gasteiger partial charge in [0.15, 0.2) is 5.16 Å². The standard InChI is InChI=1S/C19H19F2N3OS/c1-13(14-8-4-3-5-9-14)23(2)17(25)12-24-16-11-7-6-10-15(16)22-19(24)26-18(20)21/h3-11,13,18H,12H2,1-2H3. The van der Waals surface area contributed by atoms with E-state index in [9.17, 15) is 13.6 Å². The van der Waals surface area contributed by atoms with Crippen LogP contribution in [0.5, 0.6) is 0 Å². The third-order valence-electron chi connectivity index (χ3n) is 4.36. The fourth-order valence-corrected chi connectivity index (χ4v) is 3.39. The summed E-state index contributed by atoms with van der Waals surface area (Å²) in [7, 11) is 1.72. The molecule has 1 unspecified atom stereocenters. The van der Waals surface area contributed by atoms with Gasteiger partial charge in [-0.2, -0.15) is 8.78 Å². The lowest BCUT2D eigenvalue weighted by Gasteiger charge is -2.26. The maximum absolute atomic E-state index is 12.9. The summed E-state index contributed by atoms with van der Waals surface area (Å²) in [6, 6.07) is 16.7. The highest BCUT2D eigenvalue weighted by Crippen LogP contribution is 2.29. The fourth-order valence-electron chi connectivity index (χ4n) is 2.79. The van der Waals surface area contributed by atoms with Crippen LogP contribution in [0.3, 0.4) is 0 Å². The van der Waals surface area contributed by atoms with Crippen LogP contribution in [0.25, 0.3) is 11.0 Å². The Balaban J connectivity index is 1.86. The highest BCUT2D eigenvalue weighted by atomic mass is 32.2. The predicted molar refractivity (Wildman–Crippen MR) is 99.2 cm³/mol. The molecule has 4 nitrogen and oxygen atoms in total. The molecule has 0 bridgehead atoms. The number of hydrogen-bond acceptors (Lipinski definition) is 3. The van der Waals surface area contributed by atoms with E-state index in [1.54, 1.807) is 40.8 Å². The van der Waals surface area contributed by atoms with Crippen molar-refractivity contribution in [2.24, 2.45) is 0 Å². The number of benzene rings is 2. The zero-order valence-electron chi connectivity index (χ0n) is 14.5. The molecule has 0 fully saturated rings. The monoisotopic (exact) mass is 375 g/mol. The number of halogens is 2. The summed E-state index contributed by atoms with van der Waals surface area (Å²) >= 11 is 0.357. The van der Waals surface area contributed by atoms with Gasteiger partial charge in [-0.3, -0.25) is 4.79 Å². The summed E-state index contributed by atoms with van der Waals surface area (Å²) in [4.78, 5) is 18.7. The quantitative estimate of drug-likeness (QED) is 0.593. The van der Waals surface area contributed by atoms with Crippen LogP contribution in [0.4, 0.5) is 8.78 Å². The van der Waals surface area contributed by atoms with Crippen molar-refractivity contribution in [1.82, 2.24) is 14.5 Å². The second kappa shape index (κ2) is 7.86. The number of carbonyl (C=O) groups excluding carboxylic acids is 1. The van der Waals surface area contributed by atoms with Gasteiger partial charge in [0.1, 0.15) is 6.54 Å². The molecule has 0 saturated heterocycles. The summed E-state index contributed by atoms with van der Waals surface area (Å²) in [5.74, 6) is -2.76. The van der Waals surface area contributed by atoms with Crippen LogP contribution in [0.1, 0.15) is 18.5 Å². The second-order valence-electron chi connectivity index (χ2n) is 5.94. The molecule has 136 valence electrons. The molecule has 2 aromatic carbocycles. The van der Waals surface area contributed by atoms with Gasteiger partial charge < -0.3 is 9.47 Å². The van der Waals surface area contributed by atoms with E-state index < -0.39 is 5.76 Å². The predicted octanol–water partition coefficient (Wildman–Crippen LogP) is 4.57. The average molecular weight is 375 g/mol. The highest BCUT2D eigenvalue weighted by Gasteiger charge is 2.22. The van der Waals surface area contributed by atoms with Crippen LogP contribution in [0.15, 0.2) is 59.8 Å². The Hall–Kier alpha value is -2.41. The van der Waals surface area contributed by atoms with E-state index in [2.05, 4.69) is 4.98 Å². The molecule has 1 aromatic heterocycles. The molecule has 1 amide bonds. The van der Waals surface area contributed by atoms with Crippen LogP contribution >= 0.6 is 11.8 Å². The lowest BCUT2D eigenvalue weighted by atomic mass is 10.1. The summed E-state index contributed by atoms with van der Waals surface area (Å²) in [5.41, 5.74) is 2.29. The first-order valence-electron chi connectivity index (χ1n) is 8.18. The van der Waals surface area contributed by atoms with Crippen molar-refractivity contribution >= 4 is 28.7 Å². The Morgan fingerprint density at radius 2 is 1.81 bits per heavy atom. The number of aromatic nitrogens is 2. The number of alkyl halides is 2. The maximum atomic E-state index is 12.9. The van der Waals surface area contributed by atoms with Gasteiger partial charge in [0, 0.05) is 7.05 Å². The molecular weight excluding hydrogens is 356 g/mol. The van der Waals surface area contributed by atoms with Crippen LogP contribution in [0, 0.1) is 0 Å². The van der Waals surface area contributed by atoms with Gasteiger partial charge in [0.25, 0.3) is 5.76 Å². The molecule has 0 aliphatic rings. The third-order valence-corrected chi connectivity index (χ3v) is 5.06. The smallest absolute Gasteiger partial charge is 0.291 e. The van der Waals surface area contributed by atoms with E-state index in [1.807, 2.05) is 37.3 Å². The molecule has 0 saturated carbocycles. The molecule has 7 heteroatoms. The van der Waals surface area contributed by atoms with Crippen molar-refractivity contribution in [3.63, 3.8) is 0 Å². The van der Waals surface area contributed by atoms with Gasteiger partial charge in [-0.05, 0) is 36.4 Å². The molecule has 1 heterocycles. The van der Waals surface area contributed by atoms with E-state index in [1.165, 1.54) is 0 Å². The molecule has 3 rings (SSSR count). The molecule has 0 aliphatic carbocycles. The maximum Gasteiger partial charge on any atom is 0.291 e. The SMILES string of the molecule is CC(c1ccccc1)N(C)C(=O)Cn1c(SC(F)F)nc2ccccc21. The van der Waals surface area contributed by atoms with Gasteiger partial charge in [-0.1, -0.05) is 42.5 Å². The zero-order valence-corrected chi connectivity index (χ0v) is 15.3. The lowest BCUT2D eigenvalue weighted by molar-refractivity contribution is -0.132. The van der Waals surface area contributed by atoms with Crippen molar-refractivity contribution < 1.29 is 13.6 Å². The minimum atomic E-state index is -2.60. The highest BCUT2D eigenvalue weighted by molar-refractivity contribution is 7.99. The Morgan fingerprint density at radius 3 is 2.50 bits per heavy atom. The van der Waals surface area contributed by atoms with E-state index in [-0.39, 0.29) is 23.7 Å². The van der Waals surface area contributed by atoms with Crippen molar-refractivity contribution in [3.05, 3.63) is 60.2 Å². The van der Waals surface area contributed by atoms with Crippen LogP contribution in [0.2, 0.25) is 0 Å². The normalized spacial score (nSPS) is 12.5. The minimum Gasteiger partial charge on any atom is -0.337 e. The number of thioether (sulfide) groups is 1. The lowest BCUT2D eigenvalue weighted by Crippen LogP contribution is -2.32. The minimum absolute atomic E-state index is 0.0385. The van der Waals surface area contributed by atoms with Gasteiger partial charge >= 0.3 is 0 Å². The number of para-hydroxylation sites is 2. The summed E-state index contributed by atoms with van der Waals surface area (Å²) in [5, 5.41) is 0.148. The molecule has 0 radical (unpaired) electrons. The Labute approximate surface area is 154 Å². The molecular formula is C19H19F2N3OS. The number of hydrogen-bond donors (Lipinski definition) is 0. The first kappa shape index (κ1) is 18.4. The number of fused-ring (bicyclic) bond motifs is 1. The van der Waals surface area contributed by atoms with Gasteiger partial charge in [0.05, 0.1) is 17.1 Å². The number of likely N-dealkylation sites (N-methyl/N-ethyl adjacent to an activating group) is 1. The fraction of sp³-hybridized carbons (Fsp3) is 0.263. The van der Waals surface area contributed by atoms with E-state index in [0.717, 1.165) is 5.56 Å². The van der Waals surface area contributed by atoms with Gasteiger partial charge in [0.2, 0.25) is 5.91 Å². The van der Waals surface area contributed by atoms with E-state index >= 15 is 0 Å². The summed E-state index contributed by atoms with van der Waals surface area (Å²) in [6.45, 7) is 1.90. The molecule has 0 N–H and O–H groups in total. The van der Waals surface area contributed by atoms with Crippen molar-refractivity contribution in [1.29, 1.82) is 0 Å². The Kier molecular flexibility index (Phi) is 5.56. The number of carbonyl (C=O) groups is 1. The second-order valence-corrected chi connectivity index (χ2v) is 6.90. The molecule has 26 heavy (non-hydrogen) atoms. The van der Waals surface area contributed by atoms with Gasteiger partial charge in [-0.25, -0.2) is 4.98 Å². The van der Waals surface area contributed by atoms with Crippen molar-refractivity contribution in [3.8, 4) is 0 Å². The van der Waals surface area contributed by atoms with E-state index in [4.69, 9.17) is 0 Å². The van der Waals surface area contributed by atoms with Crippen LogP contribution < -0.4 is 0 Å². The molecule has 1 atom stereocenters. The number of amides is 1. The summed E-state index contributed by atoms with van der Waals surface area (Å²) < 4.78 is 27.3. The van der Waals surface area contributed by atoms with Crippen molar-refractivity contribution in [2.45, 2.75) is 30.4 Å². The van der Waals surface area contributed by atoms with Gasteiger partial charge in [-0.15, -0.1) is 0 Å². The largest absolute Gasteiger partial charge is 0.337 e. The molecule has 3 aromatic rings. The average Bonchev–Trinajstić information content (AvgIpc) is 2.97. The van der Waals surface area contributed by atoms with Crippen molar-refractivity contribution in [2.75, 3.05) is 7.05 Å².